The molecule has 2 rings (SSSR count). The van der Waals surface area contributed by atoms with E-state index in [9.17, 15) is 9.50 Å². The molecule has 0 aliphatic heterocycles. The van der Waals surface area contributed by atoms with Crippen LogP contribution in [-0.4, -0.2) is 25.3 Å². The molecular weight excluding hydrogens is 239 g/mol. The molecule has 0 radical (unpaired) electrons. The highest BCUT2D eigenvalue weighted by atomic mass is 19.1. The third kappa shape index (κ3) is 2.80. The SMILES string of the molecule is C[C@H](O)c1ccc(OCc2nnn(C)n2)c(F)c1. The number of nitrogens with zero attached hydrogens (tertiary/aromatic N) is 4. The highest BCUT2D eigenvalue weighted by Crippen LogP contribution is 2.22. The average Bonchev–Trinajstić information content (AvgIpc) is 2.73. The van der Waals surface area contributed by atoms with Crippen LogP contribution in [0.3, 0.4) is 0 Å². The molecule has 6 nitrogen and oxygen atoms in total. The fourth-order valence-corrected chi connectivity index (χ4v) is 1.42. The maximum atomic E-state index is 13.6. The van der Waals surface area contributed by atoms with E-state index in [-0.39, 0.29) is 12.4 Å². The first-order chi connectivity index (χ1) is 8.56. The highest BCUT2D eigenvalue weighted by molar-refractivity contribution is 5.30. The van der Waals surface area contributed by atoms with E-state index in [2.05, 4.69) is 15.4 Å². The van der Waals surface area contributed by atoms with Crippen LogP contribution in [0.1, 0.15) is 24.4 Å². The quantitative estimate of drug-likeness (QED) is 0.878. The molecule has 0 spiro atoms. The topological polar surface area (TPSA) is 73.1 Å². The van der Waals surface area contributed by atoms with E-state index in [4.69, 9.17) is 4.74 Å². The second-order valence-corrected chi connectivity index (χ2v) is 3.85. The maximum Gasteiger partial charge on any atom is 0.212 e. The first-order valence-corrected chi connectivity index (χ1v) is 5.39. The van der Waals surface area contributed by atoms with Crippen molar-refractivity contribution in [1.29, 1.82) is 0 Å². The van der Waals surface area contributed by atoms with E-state index in [0.717, 1.165) is 0 Å². The fourth-order valence-electron chi connectivity index (χ4n) is 1.42. The monoisotopic (exact) mass is 252 g/mol. The van der Waals surface area contributed by atoms with Crippen LogP contribution in [0.4, 0.5) is 4.39 Å². The molecule has 0 amide bonds. The summed E-state index contributed by atoms with van der Waals surface area (Å²) in [5.74, 6) is -0.0688. The first-order valence-electron chi connectivity index (χ1n) is 5.39. The van der Waals surface area contributed by atoms with Gasteiger partial charge in [-0.3, -0.25) is 0 Å². The van der Waals surface area contributed by atoms with Gasteiger partial charge in [0.2, 0.25) is 5.82 Å². The summed E-state index contributed by atoms with van der Waals surface area (Å²) in [6, 6.07) is 4.31. The van der Waals surface area contributed by atoms with Crippen LogP contribution in [0, 0.1) is 5.82 Å². The molecule has 0 bridgehead atoms. The van der Waals surface area contributed by atoms with Gasteiger partial charge in [-0.15, -0.1) is 10.2 Å². The van der Waals surface area contributed by atoms with Crippen molar-refractivity contribution in [3.05, 3.63) is 35.4 Å². The highest BCUT2D eigenvalue weighted by Gasteiger charge is 2.09. The minimum absolute atomic E-state index is 0.0405. The lowest BCUT2D eigenvalue weighted by Crippen LogP contribution is -2.01. The molecule has 7 heteroatoms. The summed E-state index contributed by atoms with van der Waals surface area (Å²) >= 11 is 0. The van der Waals surface area contributed by atoms with Crippen molar-refractivity contribution < 1.29 is 14.2 Å². The number of tetrazole rings is 1. The van der Waals surface area contributed by atoms with E-state index < -0.39 is 11.9 Å². The number of aryl methyl sites for hydroxylation is 1. The second-order valence-electron chi connectivity index (χ2n) is 3.85. The minimum atomic E-state index is -0.713. The average molecular weight is 252 g/mol. The molecule has 0 aliphatic carbocycles. The molecule has 0 aliphatic rings. The third-order valence-electron chi connectivity index (χ3n) is 2.34. The van der Waals surface area contributed by atoms with E-state index in [0.29, 0.717) is 11.4 Å². The van der Waals surface area contributed by atoms with E-state index in [1.807, 2.05) is 0 Å². The molecule has 0 fully saturated rings. The lowest BCUT2D eigenvalue weighted by atomic mass is 10.1. The van der Waals surface area contributed by atoms with Gasteiger partial charge >= 0.3 is 0 Å². The predicted octanol–water partition coefficient (Wildman–Crippen LogP) is 0.981. The summed E-state index contributed by atoms with van der Waals surface area (Å²) in [6.45, 7) is 1.61. The summed E-state index contributed by atoms with van der Waals surface area (Å²) < 4.78 is 18.9. The standard InChI is InChI=1S/C11H13FN4O2/c1-7(17)8-3-4-10(9(12)5-8)18-6-11-13-15-16(2)14-11/h3-5,7,17H,6H2,1-2H3/t7-/m0/s1. The molecule has 0 unspecified atom stereocenters. The number of hydrogen-bond donors (Lipinski definition) is 1. The van der Waals surface area contributed by atoms with Crippen LogP contribution < -0.4 is 4.74 Å². The molecule has 1 aromatic carbocycles. The first kappa shape index (κ1) is 12.4. The van der Waals surface area contributed by atoms with Crippen molar-refractivity contribution in [2.24, 2.45) is 7.05 Å². The molecular formula is C11H13FN4O2. The van der Waals surface area contributed by atoms with E-state index >= 15 is 0 Å². The Labute approximate surface area is 103 Å². The fraction of sp³-hybridized carbons (Fsp3) is 0.364. The molecule has 1 heterocycles. The van der Waals surface area contributed by atoms with Gasteiger partial charge < -0.3 is 9.84 Å². The van der Waals surface area contributed by atoms with Gasteiger partial charge in [-0.25, -0.2) is 4.39 Å². The van der Waals surface area contributed by atoms with Crippen molar-refractivity contribution in [3.8, 4) is 5.75 Å². The number of ether oxygens (including phenoxy) is 1. The van der Waals surface area contributed by atoms with Crippen LogP contribution in [0.15, 0.2) is 18.2 Å². The zero-order valence-electron chi connectivity index (χ0n) is 10.0. The van der Waals surface area contributed by atoms with Gasteiger partial charge in [0.25, 0.3) is 0 Å². The van der Waals surface area contributed by atoms with Gasteiger partial charge in [-0.1, -0.05) is 6.07 Å². The lowest BCUT2D eigenvalue weighted by Gasteiger charge is -2.08. The van der Waals surface area contributed by atoms with Crippen molar-refractivity contribution in [3.63, 3.8) is 0 Å². The number of aromatic nitrogens is 4. The zero-order valence-corrected chi connectivity index (χ0v) is 10.0. The number of hydrogen-bond acceptors (Lipinski definition) is 5. The number of benzene rings is 1. The van der Waals surface area contributed by atoms with Crippen molar-refractivity contribution >= 4 is 0 Å². The third-order valence-corrected chi connectivity index (χ3v) is 2.34. The summed E-state index contributed by atoms with van der Waals surface area (Å²) in [5, 5.41) is 20.6. The Bertz CT molecular complexity index is 542. The lowest BCUT2D eigenvalue weighted by molar-refractivity contribution is 0.198. The molecule has 1 N–H and O–H groups in total. The molecule has 18 heavy (non-hydrogen) atoms. The smallest absolute Gasteiger partial charge is 0.212 e. The molecule has 0 saturated heterocycles. The summed E-state index contributed by atoms with van der Waals surface area (Å²) in [7, 11) is 1.63. The summed E-state index contributed by atoms with van der Waals surface area (Å²) in [6.07, 6.45) is -0.713. The Kier molecular flexibility index (Phi) is 3.52. The Morgan fingerprint density at radius 2 is 2.28 bits per heavy atom. The van der Waals surface area contributed by atoms with Gasteiger partial charge in [-0.05, 0) is 29.8 Å². The van der Waals surface area contributed by atoms with Crippen molar-refractivity contribution in [1.82, 2.24) is 20.2 Å². The Morgan fingerprint density at radius 3 is 2.83 bits per heavy atom. The van der Waals surface area contributed by atoms with Crippen molar-refractivity contribution in [2.75, 3.05) is 0 Å². The second kappa shape index (κ2) is 5.09. The van der Waals surface area contributed by atoms with Crippen LogP contribution in [0.2, 0.25) is 0 Å². The van der Waals surface area contributed by atoms with E-state index in [1.54, 1.807) is 20.0 Å². The Hall–Kier alpha value is -2.02. The van der Waals surface area contributed by atoms with Crippen molar-refractivity contribution in [2.45, 2.75) is 19.6 Å². The Balaban J connectivity index is 2.05. The maximum absolute atomic E-state index is 13.6. The van der Waals surface area contributed by atoms with Crippen LogP contribution in [-0.2, 0) is 13.7 Å². The minimum Gasteiger partial charge on any atom is -0.482 e. The van der Waals surface area contributed by atoms with Crippen LogP contribution in [0.5, 0.6) is 5.75 Å². The summed E-state index contributed by atoms with van der Waals surface area (Å²) in [5.41, 5.74) is 0.498. The van der Waals surface area contributed by atoms with Gasteiger partial charge in [0.1, 0.15) is 0 Å². The van der Waals surface area contributed by atoms with Crippen LogP contribution in [0.25, 0.3) is 0 Å². The molecule has 1 aromatic heterocycles. The van der Waals surface area contributed by atoms with Gasteiger partial charge in [-0.2, -0.15) is 4.80 Å². The normalized spacial score (nSPS) is 12.4. The summed E-state index contributed by atoms with van der Waals surface area (Å²) in [4.78, 5) is 1.30. The Morgan fingerprint density at radius 1 is 1.50 bits per heavy atom. The van der Waals surface area contributed by atoms with Crippen LogP contribution >= 0.6 is 0 Å². The van der Waals surface area contributed by atoms with Gasteiger partial charge in [0, 0.05) is 0 Å². The van der Waals surface area contributed by atoms with E-state index in [1.165, 1.54) is 16.9 Å². The molecule has 1 atom stereocenters. The molecule has 2 aromatic rings. The van der Waals surface area contributed by atoms with Gasteiger partial charge in [0.05, 0.1) is 13.2 Å². The predicted molar refractivity (Wildman–Crippen MR) is 60.2 cm³/mol. The number of aliphatic hydroxyl groups is 1. The molecule has 96 valence electrons. The number of halogens is 1. The number of rotatable bonds is 4. The molecule has 0 saturated carbocycles. The number of aliphatic hydroxyl groups excluding tert-OH is 1. The zero-order chi connectivity index (χ0) is 13.1. The van der Waals surface area contributed by atoms with Gasteiger partial charge in [0.15, 0.2) is 18.2 Å². The largest absolute Gasteiger partial charge is 0.482 e.